The average molecular weight is 203 g/mol. The summed E-state index contributed by atoms with van der Waals surface area (Å²) in [6.45, 7) is 1.91. The number of nitro groups is 1. The molecular weight excluding hydrogens is 194 g/mol. The Labute approximate surface area is 85.9 Å². The van der Waals surface area contributed by atoms with Gasteiger partial charge in [-0.15, -0.1) is 0 Å². The number of aromatic nitrogens is 2. The fraction of sp³-hybridized carbons (Fsp3) is 0.100. The maximum atomic E-state index is 10.4. The van der Waals surface area contributed by atoms with Crippen LogP contribution in [0.5, 0.6) is 0 Å². The molecule has 0 amide bonds. The second-order valence-electron chi connectivity index (χ2n) is 3.18. The molecular formula is C10H9N3O2. The minimum Gasteiger partial charge on any atom is -0.348 e. The topological polar surface area (TPSA) is 71.8 Å². The summed E-state index contributed by atoms with van der Waals surface area (Å²) in [5.41, 5.74) is 2.74. The van der Waals surface area contributed by atoms with Crippen LogP contribution in [-0.4, -0.2) is 14.9 Å². The predicted molar refractivity (Wildman–Crippen MR) is 55.4 cm³/mol. The van der Waals surface area contributed by atoms with E-state index < -0.39 is 4.92 Å². The zero-order valence-corrected chi connectivity index (χ0v) is 8.10. The number of imidazole rings is 1. The van der Waals surface area contributed by atoms with E-state index in [1.54, 1.807) is 18.5 Å². The molecule has 0 saturated heterocycles. The molecule has 0 fully saturated rings. The number of hydrogen-bond donors (Lipinski definition) is 1. The van der Waals surface area contributed by atoms with E-state index in [9.17, 15) is 10.1 Å². The minimum absolute atomic E-state index is 0.0898. The molecule has 5 nitrogen and oxygen atoms in total. The first kappa shape index (κ1) is 9.39. The first-order chi connectivity index (χ1) is 7.18. The molecule has 2 rings (SSSR count). The van der Waals surface area contributed by atoms with Crippen molar-refractivity contribution in [1.82, 2.24) is 9.97 Å². The fourth-order valence-electron chi connectivity index (χ4n) is 1.39. The van der Waals surface area contributed by atoms with Gasteiger partial charge in [-0.3, -0.25) is 10.1 Å². The lowest BCUT2D eigenvalue weighted by Gasteiger charge is -1.97. The van der Waals surface area contributed by atoms with Gasteiger partial charge >= 0.3 is 0 Å². The van der Waals surface area contributed by atoms with Crippen LogP contribution < -0.4 is 0 Å². The van der Waals surface area contributed by atoms with E-state index in [0.29, 0.717) is 0 Å². The molecule has 0 aliphatic heterocycles. The summed E-state index contributed by atoms with van der Waals surface area (Å²) in [5, 5.41) is 10.4. The van der Waals surface area contributed by atoms with Crippen molar-refractivity contribution in [3.05, 3.63) is 46.4 Å². The van der Waals surface area contributed by atoms with Gasteiger partial charge in [0.25, 0.3) is 5.69 Å². The molecule has 1 heterocycles. The Morgan fingerprint density at radius 1 is 1.33 bits per heavy atom. The third-order valence-corrected chi connectivity index (χ3v) is 2.18. The summed E-state index contributed by atoms with van der Waals surface area (Å²) >= 11 is 0. The standard InChI is InChI=1S/C10H9N3O2/c1-7-10(12-6-11-7)8-2-4-9(5-3-8)13(14)15/h2-6H,1H3,(H,11,12). The number of benzene rings is 1. The molecule has 2 aromatic rings. The molecule has 0 saturated carbocycles. The molecule has 15 heavy (non-hydrogen) atoms. The van der Waals surface area contributed by atoms with Gasteiger partial charge in [-0.05, 0) is 19.1 Å². The van der Waals surface area contributed by atoms with Crippen molar-refractivity contribution in [2.45, 2.75) is 6.92 Å². The van der Waals surface area contributed by atoms with Crippen LogP contribution in [0, 0.1) is 17.0 Å². The summed E-state index contributed by atoms with van der Waals surface area (Å²) in [5.74, 6) is 0. The Bertz CT molecular complexity index is 488. The number of non-ortho nitro benzene ring substituents is 1. The summed E-state index contributed by atoms with van der Waals surface area (Å²) in [6.07, 6.45) is 1.60. The highest BCUT2D eigenvalue weighted by Gasteiger charge is 2.07. The fourth-order valence-corrected chi connectivity index (χ4v) is 1.39. The number of H-pyrrole nitrogens is 1. The zero-order valence-electron chi connectivity index (χ0n) is 8.10. The van der Waals surface area contributed by atoms with Crippen molar-refractivity contribution in [3.8, 4) is 11.3 Å². The molecule has 0 radical (unpaired) electrons. The van der Waals surface area contributed by atoms with Crippen molar-refractivity contribution < 1.29 is 4.92 Å². The van der Waals surface area contributed by atoms with Gasteiger partial charge < -0.3 is 4.98 Å². The highest BCUT2D eigenvalue weighted by Crippen LogP contribution is 2.22. The molecule has 1 aromatic carbocycles. The Balaban J connectivity index is 2.40. The van der Waals surface area contributed by atoms with Crippen LogP contribution in [0.1, 0.15) is 5.69 Å². The Morgan fingerprint density at radius 3 is 2.47 bits per heavy atom. The van der Waals surface area contributed by atoms with Crippen LogP contribution in [0.4, 0.5) is 5.69 Å². The Morgan fingerprint density at radius 2 is 2.00 bits per heavy atom. The van der Waals surface area contributed by atoms with Gasteiger partial charge in [-0.25, -0.2) is 4.98 Å². The second-order valence-corrected chi connectivity index (χ2v) is 3.18. The minimum atomic E-state index is -0.415. The first-order valence-electron chi connectivity index (χ1n) is 4.43. The molecule has 0 atom stereocenters. The van der Waals surface area contributed by atoms with Gasteiger partial charge in [0.1, 0.15) is 0 Å². The predicted octanol–water partition coefficient (Wildman–Crippen LogP) is 2.29. The van der Waals surface area contributed by atoms with Gasteiger partial charge in [0.2, 0.25) is 0 Å². The van der Waals surface area contributed by atoms with Crippen LogP contribution in [0.2, 0.25) is 0 Å². The number of nitrogens with zero attached hydrogens (tertiary/aromatic N) is 2. The molecule has 76 valence electrons. The van der Waals surface area contributed by atoms with Gasteiger partial charge in [0.05, 0.1) is 16.9 Å². The van der Waals surface area contributed by atoms with Crippen molar-refractivity contribution in [2.24, 2.45) is 0 Å². The van der Waals surface area contributed by atoms with Gasteiger partial charge in [-0.1, -0.05) is 0 Å². The number of aryl methyl sites for hydroxylation is 1. The van der Waals surface area contributed by atoms with Crippen molar-refractivity contribution >= 4 is 5.69 Å². The molecule has 0 bridgehead atoms. The first-order valence-corrected chi connectivity index (χ1v) is 4.43. The highest BCUT2D eigenvalue weighted by atomic mass is 16.6. The van der Waals surface area contributed by atoms with Crippen LogP contribution in [0.3, 0.4) is 0 Å². The van der Waals surface area contributed by atoms with Crippen molar-refractivity contribution in [2.75, 3.05) is 0 Å². The van der Waals surface area contributed by atoms with Crippen LogP contribution >= 0.6 is 0 Å². The van der Waals surface area contributed by atoms with Gasteiger partial charge in [-0.2, -0.15) is 0 Å². The quantitative estimate of drug-likeness (QED) is 0.601. The SMILES string of the molecule is Cc1[nH]cnc1-c1ccc([N+](=O)[O-])cc1. The van der Waals surface area contributed by atoms with E-state index in [-0.39, 0.29) is 5.69 Å². The van der Waals surface area contributed by atoms with E-state index in [1.165, 1.54) is 12.1 Å². The molecule has 0 unspecified atom stereocenters. The monoisotopic (exact) mass is 203 g/mol. The lowest BCUT2D eigenvalue weighted by Crippen LogP contribution is -1.87. The highest BCUT2D eigenvalue weighted by molar-refractivity contribution is 5.62. The summed E-state index contributed by atoms with van der Waals surface area (Å²) in [6, 6.07) is 6.34. The Kier molecular flexibility index (Phi) is 2.21. The smallest absolute Gasteiger partial charge is 0.269 e. The van der Waals surface area contributed by atoms with E-state index in [1.807, 2.05) is 6.92 Å². The normalized spacial score (nSPS) is 10.2. The van der Waals surface area contributed by atoms with Crippen molar-refractivity contribution in [3.63, 3.8) is 0 Å². The summed E-state index contributed by atoms with van der Waals surface area (Å²) in [7, 11) is 0. The van der Waals surface area contributed by atoms with Crippen LogP contribution in [-0.2, 0) is 0 Å². The van der Waals surface area contributed by atoms with E-state index >= 15 is 0 Å². The number of hydrogen-bond acceptors (Lipinski definition) is 3. The van der Waals surface area contributed by atoms with Crippen molar-refractivity contribution in [1.29, 1.82) is 0 Å². The van der Waals surface area contributed by atoms with E-state index in [0.717, 1.165) is 17.0 Å². The third-order valence-electron chi connectivity index (χ3n) is 2.18. The maximum absolute atomic E-state index is 10.4. The van der Waals surface area contributed by atoms with Gasteiger partial charge in [0, 0.05) is 23.4 Å². The summed E-state index contributed by atoms with van der Waals surface area (Å²) < 4.78 is 0. The summed E-state index contributed by atoms with van der Waals surface area (Å²) in [4.78, 5) is 17.1. The molecule has 0 aliphatic carbocycles. The molecule has 5 heteroatoms. The molecule has 0 spiro atoms. The third kappa shape index (κ3) is 1.71. The Hall–Kier alpha value is -2.17. The van der Waals surface area contributed by atoms with Crippen LogP contribution in [0.15, 0.2) is 30.6 Å². The lowest BCUT2D eigenvalue weighted by atomic mass is 10.1. The molecule has 0 aliphatic rings. The van der Waals surface area contributed by atoms with E-state index in [2.05, 4.69) is 9.97 Å². The zero-order chi connectivity index (χ0) is 10.8. The van der Waals surface area contributed by atoms with Gasteiger partial charge in [0.15, 0.2) is 0 Å². The number of nitro benzene ring substituents is 1. The maximum Gasteiger partial charge on any atom is 0.269 e. The number of nitrogens with one attached hydrogen (secondary N) is 1. The number of rotatable bonds is 2. The number of aromatic amines is 1. The molecule has 1 aromatic heterocycles. The largest absolute Gasteiger partial charge is 0.348 e. The second kappa shape index (κ2) is 3.53. The van der Waals surface area contributed by atoms with E-state index in [4.69, 9.17) is 0 Å². The lowest BCUT2D eigenvalue weighted by molar-refractivity contribution is -0.384. The van der Waals surface area contributed by atoms with Crippen LogP contribution in [0.25, 0.3) is 11.3 Å². The molecule has 1 N–H and O–H groups in total. The average Bonchev–Trinajstić information content (AvgIpc) is 2.65.